The zero-order valence-corrected chi connectivity index (χ0v) is 11.0. The molecule has 108 valence electrons. The van der Waals surface area contributed by atoms with Crippen LogP contribution in [0.5, 0.6) is 0 Å². The lowest BCUT2D eigenvalue weighted by atomic mass is 10.2. The van der Waals surface area contributed by atoms with Crippen molar-refractivity contribution < 1.29 is 14.1 Å². The molecule has 0 atom stereocenters. The Morgan fingerprint density at radius 3 is 2.70 bits per heavy atom. The zero-order chi connectivity index (χ0) is 14.5. The Morgan fingerprint density at radius 2 is 2.05 bits per heavy atom. The number of hydrogen-bond donors (Lipinski definition) is 1. The van der Waals surface area contributed by atoms with Gasteiger partial charge in [-0.25, -0.2) is 4.39 Å². The van der Waals surface area contributed by atoms with Gasteiger partial charge >= 0.3 is 0 Å². The Morgan fingerprint density at radius 1 is 1.35 bits per heavy atom. The summed E-state index contributed by atoms with van der Waals surface area (Å²) in [4.78, 5) is 23.5. The minimum Gasteiger partial charge on any atom is -0.342 e. The molecule has 1 aromatic rings. The smallest absolute Gasteiger partial charge is 0.272 e. The summed E-state index contributed by atoms with van der Waals surface area (Å²) in [5, 5.41) is 13.5. The molecule has 0 saturated carbocycles. The number of nitrogens with zero attached hydrogens (tertiary/aromatic N) is 2. The lowest BCUT2D eigenvalue weighted by Crippen LogP contribution is -2.35. The van der Waals surface area contributed by atoms with E-state index in [-0.39, 0.29) is 24.7 Å². The Kier molecular flexibility index (Phi) is 4.62. The van der Waals surface area contributed by atoms with Crippen LogP contribution in [0.3, 0.4) is 0 Å². The Hall–Kier alpha value is -2.02. The third-order valence-electron chi connectivity index (χ3n) is 3.22. The third kappa shape index (κ3) is 3.74. The molecule has 0 aromatic heterocycles. The molecule has 0 aliphatic carbocycles. The average Bonchev–Trinajstić information content (AvgIpc) is 2.91. The van der Waals surface area contributed by atoms with Gasteiger partial charge in [0, 0.05) is 25.7 Å². The van der Waals surface area contributed by atoms with E-state index < -0.39 is 10.7 Å². The molecule has 0 spiro atoms. The number of non-ortho nitro benzene ring substituents is 1. The van der Waals surface area contributed by atoms with Crippen molar-refractivity contribution in [3.63, 3.8) is 0 Å². The van der Waals surface area contributed by atoms with Gasteiger partial charge in [0.15, 0.2) is 0 Å². The highest BCUT2D eigenvalue weighted by molar-refractivity contribution is 5.78. The van der Waals surface area contributed by atoms with E-state index >= 15 is 0 Å². The van der Waals surface area contributed by atoms with E-state index in [1.54, 1.807) is 4.90 Å². The first-order valence-corrected chi connectivity index (χ1v) is 6.48. The lowest BCUT2D eigenvalue weighted by Gasteiger charge is -2.15. The van der Waals surface area contributed by atoms with Gasteiger partial charge in [0.2, 0.25) is 5.91 Å². The fraction of sp³-hybridized carbons (Fsp3) is 0.462. The SMILES string of the molecule is O=C(CNCc1cc(F)cc([N+](=O)[O-])c1)N1CCCC1. The summed E-state index contributed by atoms with van der Waals surface area (Å²) in [6.45, 7) is 1.94. The molecule has 1 aliphatic heterocycles. The van der Waals surface area contributed by atoms with E-state index in [2.05, 4.69) is 5.32 Å². The van der Waals surface area contributed by atoms with Crippen LogP contribution in [0.2, 0.25) is 0 Å². The molecular formula is C13H16FN3O3. The Bertz CT molecular complexity index is 516. The highest BCUT2D eigenvalue weighted by atomic mass is 19.1. The molecule has 1 aromatic carbocycles. The van der Waals surface area contributed by atoms with Crippen molar-refractivity contribution >= 4 is 11.6 Å². The molecule has 1 heterocycles. The quantitative estimate of drug-likeness (QED) is 0.654. The van der Waals surface area contributed by atoms with Crippen molar-refractivity contribution in [2.75, 3.05) is 19.6 Å². The maximum Gasteiger partial charge on any atom is 0.272 e. The zero-order valence-electron chi connectivity index (χ0n) is 11.0. The normalized spacial score (nSPS) is 14.6. The van der Waals surface area contributed by atoms with Crippen molar-refractivity contribution in [2.24, 2.45) is 0 Å². The molecule has 6 nitrogen and oxygen atoms in total. The van der Waals surface area contributed by atoms with Crippen LogP contribution in [-0.2, 0) is 11.3 Å². The molecule has 0 radical (unpaired) electrons. The summed E-state index contributed by atoms with van der Waals surface area (Å²) >= 11 is 0. The van der Waals surface area contributed by atoms with Gasteiger partial charge in [0.25, 0.3) is 5.69 Å². The van der Waals surface area contributed by atoms with E-state index in [9.17, 15) is 19.3 Å². The predicted octanol–water partition coefficient (Wildman–Crippen LogP) is 1.45. The number of nitro benzene ring substituents is 1. The number of carbonyl (C=O) groups excluding carboxylic acids is 1. The fourth-order valence-electron chi connectivity index (χ4n) is 2.23. The number of amides is 1. The highest BCUT2D eigenvalue weighted by Crippen LogP contribution is 2.16. The van der Waals surface area contributed by atoms with Crippen molar-refractivity contribution in [3.8, 4) is 0 Å². The van der Waals surface area contributed by atoms with Crippen LogP contribution in [0.15, 0.2) is 18.2 Å². The number of likely N-dealkylation sites (tertiary alicyclic amines) is 1. The van der Waals surface area contributed by atoms with Crippen molar-refractivity contribution in [3.05, 3.63) is 39.7 Å². The van der Waals surface area contributed by atoms with Gasteiger partial charge in [-0.2, -0.15) is 0 Å². The summed E-state index contributed by atoms with van der Waals surface area (Å²) in [6.07, 6.45) is 2.06. The molecule has 1 N–H and O–H groups in total. The number of halogens is 1. The van der Waals surface area contributed by atoms with Crippen LogP contribution in [0.25, 0.3) is 0 Å². The van der Waals surface area contributed by atoms with Crippen LogP contribution < -0.4 is 5.32 Å². The van der Waals surface area contributed by atoms with Crippen molar-refractivity contribution in [1.82, 2.24) is 10.2 Å². The lowest BCUT2D eigenvalue weighted by molar-refractivity contribution is -0.385. The van der Waals surface area contributed by atoms with Gasteiger partial charge in [0.05, 0.1) is 17.5 Å². The standard InChI is InChI=1S/C13H16FN3O3/c14-11-5-10(6-12(7-11)17(19)20)8-15-9-13(18)16-3-1-2-4-16/h5-7,15H,1-4,8-9H2. The molecule has 1 aliphatic rings. The van der Waals surface area contributed by atoms with Crippen LogP contribution in [0.4, 0.5) is 10.1 Å². The Labute approximate surface area is 115 Å². The van der Waals surface area contributed by atoms with E-state index in [4.69, 9.17) is 0 Å². The van der Waals surface area contributed by atoms with Gasteiger partial charge in [-0.3, -0.25) is 14.9 Å². The number of hydrogen-bond acceptors (Lipinski definition) is 4. The second-order valence-corrected chi connectivity index (χ2v) is 4.77. The third-order valence-corrected chi connectivity index (χ3v) is 3.22. The summed E-state index contributed by atoms with van der Waals surface area (Å²) < 4.78 is 13.2. The van der Waals surface area contributed by atoms with Gasteiger partial charge in [0.1, 0.15) is 5.82 Å². The molecule has 1 amide bonds. The van der Waals surface area contributed by atoms with Crippen LogP contribution in [0.1, 0.15) is 18.4 Å². The number of nitrogens with one attached hydrogen (secondary N) is 1. The average molecular weight is 281 g/mol. The van der Waals surface area contributed by atoms with E-state index in [1.807, 2.05) is 0 Å². The second kappa shape index (κ2) is 6.42. The van der Waals surface area contributed by atoms with Crippen molar-refractivity contribution in [2.45, 2.75) is 19.4 Å². The van der Waals surface area contributed by atoms with Crippen molar-refractivity contribution in [1.29, 1.82) is 0 Å². The monoisotopic (exact) mass is 281 g/mol. The van der Waals surface area contributed by atoms with Crippen LogP contribution in [0, 0.1) is 15.9 Å². The van der Waals surface area contributed by atoms with E-state index in [0.29, 0.717) is 5.56 Å². The van der Waals surface area contributed by atoms with Gasteiger partial charge < -0.3 is 10.2 Å². The van der Waals surface area contributed by atoms with Crippen LogP contribution in [-0.4, -0.2) is 35.4 Å². The first-order chi connectivity index (χ1) is 9.56. The minimum atomic E-state index is -0.651. The first-order valence-electron chi connectivity index (χ1n) is 6.48. The second-order valence-electron chi connectivity index (χ2n) is 4.77. The number of rotatable bonds is 5. The number of benzene rings is 1. The number of carbonyl (C=O) groups is 1. The molecule has 1 fully saturated rings. The maximum atomic E-state index is 13.2. The van der Waals surface area contributed by atoms with Gasteiger partial charge in [-0.05, 0) is 24.5 Å². The summed E-state index contributed by atoms with van der Waals surface area (Å²) in [7, 11) is 0. The summed E-state index contributed by atoms with van der Waals surface area (Å²) in [5.41, 5.74) is 0.165. The molecular weight excluding hydrogens is 265 g/mol. The molecule has 0 unspecified atom stereocenters. The van der Waals surface area contributed by atoms with Crippen LogP contribution >= 0.6 is 0 Å². The largest absolute Gasteiger partial charge is 0.342 e. The fourth-order valence-corrected chi connectivity index (χ4v) is 2.23. The maximum absolute atomic E-state index is 13.2. The topological polar surface area (TPSA) is 75.5 Å². The molecule has 1 saturated heterocycles. The molecule has 20 heavy (non-hydrogen) atoms. The number of nitro groups is 1. The first kappa shape index (κ1) is 14.4. The Balaban J connectivity index is 1.87. The van der Waals surface area contributed by atoms with Gasteiger partial charge in [-0.15, -0.1) is 0 Å². The van der Waals surface area contributed by atoms with E-state index in [0.717, 1.165) is 32.0 Å². The van der Waals surface area contributed by atoms with Gasteiger partial charge in [-0.1, -0.05) is 0 Å². The summed E-state index contributed by atoms with van der Waals surface area (Å²) in [5.74, 6) is -0.643. The summed E-state index contributed by atoms with van der Waals surface area (Å²) in [6, 6.07) is 3.40. The minimum absolute atomic E-state index is 0.00778. The molecule has 2 rings (SSSR count). The predicted molar refractivity (Wildman–Crippen MR) is 70.6 cm³/mol. The highest BCUT2D eigenvalue weighted by Gasteiger charge is 2.17. The van der Waals surface area contributed by atoms with E-state index in [1.165, 1.54) is 12.1 Å². The molecule has 7 heteroatoms. The molecule has 0 bridgehead atoms.